The molecule has 2 heteroatoms. The lowest BCUT2D eigenvalue weighted by molar-refractivity contribution is 0.785. The first kappa shape index (κ1) is 10.5. The molecule has 0 aliphatic heterocycles. The number of hydrogen-bond donors (Lipinski definition) is 0. The zero-order valence-corrected chi connectivity index (χ0v) is 9.13. The Kier molecular flexibility index (Phi) is 3.40. The largest absolute Gasteiger partial charge is 0.241 e. The molecular weight excluding hydrogens is 196 g/mol. The van der Waals surface area contributed by atoms with Crippen LogP contribution in [0.1, 0.15) is 18.5 Å². The molecule has 1 aromatic heterocycles. The van der Waals surface area contributed by atoms with Crippen molar-refractivity contribution in [3.8, 4) is 18.0 Å². The molecule has 0 saturated carbocycles. The third-order valence-corrected chi connectivity index (χ3v) is 2.42. The molecular formula is C14H14N2. The molecule has 0 radical (unpaired) electrons. The van der Waals surface area contributed by atoms with Crippen LogP contribution in [-0.4, -0.2) is 9.78 Å². The van der Waals surface area contributed by atoms with E-state index in [0.29, 0.717) is 0 Å². The van der Waals surface area contributed by atoms with E-state index in [0.717, 1.165) is 30.6 Å². The average Bonchev–Trinajstić information content (AvgIpc) is 2.79. The van der Waals surface area contributed by atoms with E-state index >= 15 is 0 Å². The molecule has 0 saturated heterocycles. The smallest absolute Gasteiger partial charge is 0.0645 e. The van der Waals surface area contributed by atoms with Gasteiger partial charge in [-0.3, -0.25) is 0 Å². The van der Waals surface area contributed by atoms with E-state index in [1.54, 1.807) is 0 Å². The molecule has 2 aromatic rings. The fourth-order valence-electron chi connectivity index (χ4n) is 1.59. The fraction of sp³-hybridized carbons (Fsp3) is 0.214. The van der Waals surface area contributed by atoms with Crippen molar-refractivity contribution >= 4 is 0 Å². The average molecular weight is 210 g/mol. The van der Waals surface area contributed by atoms with Crippen LogP contribution in [0.3, 0.4) is 0 Å². The summed E-state index contributed by atoms with van der Waals surface area (Å²) < 4.78 is 1.89. The van der Waals surface area contributed by atoms with Crippen LogP contribution in [0.15, 0.2) is 42.6 Å². The molecule has 0 spiro atoms. The summed E-state index contributed by atoms with van der Waals surface area (Å²) in [5, 5.41) is 4.50. The highest BCUT2D eigenvalue weighted by Gasteiger charge is 1.99. The molecule has 2 rings (SSSR count). The molecule has 0 atom stereocenters. The van der Waals surface area contributed by atoms with E-state index in [1.807, 2.05) is 47.3 Å². The van der Waals surface area contributed by atoms with Gasteiger partial charge in [0.15, 0.2) is 0 Å². The monoisotopic (exact) mass is 210 g/mol. The number of hydrogen-bond acceptors (Lipinski definition) is 1. The molecule has 0 amide bonds. The molecule has 1 aromatic carbocycles. The second kappa shape index (κ2) is 5.18. The molecule has 0 bridgehead atoms. The van der Waals surface area contributed by atoms with E-state index in [2.05, 4.69) is 11.0 Å². The summed E-state index contributed by atoms with van der Waals surface area (Å²) in [6.45, 7) is 0. The number of nitrogens with zero attached hydrogens (tertiary/aromatic N) is 2. The Morgan fingerprint density at radius 2 is 2.00 bits per heavy atom. The van der Waals surface area contributed by atoms with Crippen molar-refractivity contribution in [2.45, 2.75) is 19.3 Å². The molecule has 2 nitrogen and oxygen atoms in total. The SMILES string of the molecule is C#CCCCc1ccn(-c2ccccc2)n1. The van der Waals surface area contributed by atoms with Gasteiger partial charge in [-0.1, -0.05) is 18.2 Å². The van der Waals surface area contributed by atoms with Crippen LogP contribution in [0, 0.1) is 12.3 Å². The van der Waals surface area contributed by atoms with Gasteiger partial charge in [-0.05, 0) is 31.0 Å². The third-order valence-electron chi connectivity index (χ3n) is 2.42. The predicted molar refractivity (Wildman–Crippen MR) is 65.3 cm³/mol. The van der Waals surface area contributed by atoms with Gasteiger partial charge in [0.05, 0.1) is 11.4 Å². The number of terminal acetylenes is 1. The maximum absolute atomic E-state index is 5.21. The normalized spacial score (nSPS) is 9.94. The maximum Gasteiger partial charge on any atom is 0.0645 e. The zero-order valence-electron chi connectivity index (χ0n) is 9.13. The standard InChI is InChI=1S/C14H14N2/c1-2-3-5-8-13-11-12-16(15-13)14-9-6-4-7-10-14/h1,4,6-7,9-12H,3,5,8H2. The molecule has 0 aliphatic carbocycles. The van der Waals surface area contributed by atoms with Crippen molar-refractivity contribution in [3.63, 3.8) is 0 Å². The number of unbranched alkanes of at least 4 members (excludes halogenated alkanes) is 1. The molecule has 0 N–H and O–H groups in total. The lowest BCUT2D eigenvalue weighted by Crippen LogP contribution is -1.95. The lowest BCUT2D eigenvalue weighted by atomic mass is 10.2. The molecule has 0 aliphatic rings. The molecule has 16 heavy (non-hydrogen) atoms. The first-order chi connectivity index (χ1) is 7.90. The van der Waals surface area contributed by atoms with Crippen LogP contribution in [-0.2, 0) is 6.42 Å². The Morgan fingerprint density at radius 3 is 2.75 bits per heavy atom. The van der Waals surface area contributed by atoms with Crippen molar-refractivity contribution in [3.05, 3.63) is 48.3 Å². The molecule has 0 fully saturated rings. The van der Waals surface area contributed by atoms with Gasteiger partial charge in [0, 0.05) is 12.6 Å². The Hall–Kier alpha value is -2.01. The minimum atomic E-state index is 0.818. The van der Waals surface area contributed by atoms with Gasteiger partial charge in [-0.15, -0.1) is 12.3 Å². The van der Waals surface area contributed by atoms with Crippen molar-refractivity contribution in [1.29, 1.82) is 0 Å². The zero-order chi connectivity index (χ0) is 11.2. The van der Waals surface area contributed by atoms with Gasteiger partial charge in [0.1, 0.15) is 0 Å². The molecule has 1 heterocycles. The predicted octanol–water partition coefficient (Wildman–Crippen LogP) is 2.83. The van der Waals surface area contributed by atoms with Gasteiger partial charge in [0.25, 0.3) is 0 Å². The minimum Gasteiger partial charge on any atom is -0.241 e. The van der Waals surface area contributed by atoms with Crippen LogP contribution in [0.2, 0.25) is 0 Å². The van der Waals surface area contributed by atoms with Crippen molar-refractivity contribution in [2.75, 3.05) is 0 Å². The summed E-state index contributed by atoms with van der Waals surface area (Å²) in [6.07, 6.45) is 9.97. The highest BCUT2D eigenvalue weighted by molar-refractivity contribution is 5.30. The number of rotatable bonds is 4. The van der Waals surface area contributed by atoms with Gasteiger partial charge in [-0.25, -0.2) is 4.68 Å². The summed E-state index contributed by atoms with van der Waals surface area (Å²) in [4.78, 5) is 0. The molecule has 80 valence electrons. The van der Waals surface area contributed by atoms with E-state index in [1.165, 1.54) is 0 Å². The second-order valence-electron chi connectivity index (χ2n) is 3.64. The topological polar surface area (TPSA) is 17.8 Å². The first-order valence-corrected chi connectivity index (χ1v) is 5.43. The van der Waals surface area contributed by atoms with Crippen LogP contribution in [0.5, 0.6) is 0 Å². The Balaban J connectivity index is 2.06. The van der Waals surface area contributed by atoms with Gasteiger partial charge >= 0.3 is 0 Å². The van der Waals surface area contributed by atoms with E-state index < -0.39 is 0 Å². The Morgan fingerprint density at radius 1 is 1.19 bits per heavy atom. The summed E-state index contributed by atoms with van der Waals surface area (Å²) in [5.74, 6) is 2.64. The third kappa shape index (κ3) is 2.52. The van der Waals surface area contributed by atoms with Crippen molar-refractivity contribution in [1.82, 2.24) is 9.78 Å². The Labute approximate surface area is 95.9 Å². The van der Waals surface area contributed by atoms with Crippen LogP contribution in [0.25, 0.3) is 5.69 Å². The first-order valence-electron chi connectivity index (χ1n) is 5.43. The summed E-state index contributed by atoms with van der Waals surface area (Å²) in [6, 6.07) is 12.1. The van der Waals surface area contributed by atoms with Crippen LogP contribution < -0.4 is 0 Å². The number of aromatic nitrogens is 2. The minimum absolute atomic E-state index is 0.818. The number of para-hydroxylation sites is 1. The number of benzene rings is 1. The van der Waals surface area contributed by atoms with Gasteiger partial charge < -0.3 is 0 Å². The van der Waals surface area contributed by atoms with Crippen LogP contribution >= 0.6 is 0 Å². The summed E-state index contributed by atoms with van der Waals surface area (Å²) in [5.41, 5.74) is 2.19. The highest BCUT2D eigenvalue weighted by Crippen LogP contribution is 2.08. The summed E-state index contributed by atoms with van der Waals surface area (Å²) in [7, 11) is 0. The van der Waals surface area contributed by atoms with E-state index in [4.69, 9.17) is 6.42 Å². The highest BCUT2D eigenvalue weighted by atomic mass is 15.3. The fourth-order valence-corrected chi connectivity index (χ4v) is 1.59. The molecule has 0 unspecified atom stereocenters. The van der Waals surface area contributed by atoms with E-state index in [-0.39, 0.29) is 0 Å². The van der Waals surface area contributed by atoms with Crippen molar-refractivity contribution in [2.24, 2.45) is 0 Å². The van der Waals surface area contributed by atoms with Crippen molar-refractivity contribution < 1.29 is 0 Å². The number of aryl methyl sites for hydroxylation is 1. The van der Waals surface area contributed by atoms with E-state index in [9.17, 15) is 0 Å². The maximum atomic E-state index is 5.21. The quantitative estimate of drug-likeness (QED) is 0.560. The van der Waals surface area contributed by atoms with Crippen LogP contribution in [0.4, 0.5) is 0 Å². The second-order valence-corrected chi connectivity index (χ2v) is 3.64. The lowest BCUT2D eigenvalue weighted by Gasteiger charge is -1.99. The summed E-state index contributed by atoms with van der Waals surface area (Å²) >= 11 is 0. The Bertz CT molecular complexity index is 477. The van der Waals surface area contributed by atoms with Gasteiger partial charge in [-0.2, -0.15) is 5.10 Å². The van der Waals surface area contributed by atoms with Gasteiger partial charge in [0.2, 0.25) is 0 Å².